The van der Waals surface area contributed by atoms with Crippen LogP contribution in [0.3, 0.4) is 0 Å². The lowest BCUT2D eigenvalue weighted by Crippen LogP contribution is -2.39. The van der Waals surface area contributed by atoms with Gasteiger partial charge in [0.15, 0.2) is 6.61 Å². The fourth-order valence-electron chi connectivity index (χ4n) is 4.18. The SMILES string of the molecule is C/C=C\C(c1ccc(C(=O)OCC(=O)OC(C)(C)C2CCCCC2)cc1)C(C)C. The molecule has 1 saturated carbocycles. The van der Waals surface area contributed by atoms with Gasteiger partial charge < -0.3 is 9.47 Å². The van der Waals surface area contributed by atoms with Crippen LogP contribution < -0.4 is 0 Å². The van der Waals surface area contributed by atoms with Gasteiger partial charge in [-0.15, -0.1) is 0 Å². The molecular weight excluding hydrogens is 364 g/mol. The molecule has 1 atom stereocenters. The summed E-state index contributed by atoms with van der Waals surface area (Å²) >= 11 is 0. The molecule has 2 rings (SSSR count). The summed E-state index contributed by atoms with van der Waals surface area (Å²) in [5, 5.41) is 0. The van der Waals surface area contributed by atoms with Crippen LogP contribution in [0, 0.1) is 11.8 Å². The predicted molar refractivity (Wildman–Crippen MR) is 116 cm³/mol. The van der Waals surface area contributed by atoms with Crippen molar-refractivity contribution in [1.29, 1.82) is 0 Å². The molecule has 1 aromatic carbocycles. The molecule has 4 nitrogen and oxygen atoms in total. The van der Waals surface area contributed by atoms with E-state index in [1.165, 1.54) is 19.3 Å². The molecule has 0 spiro atoms. The molecule has 0 heterocycles. The summed E-state index contributed by atoms with van der Waals surface area (Å²) in [6, 6.07) is 7.42. The third-order valence-electron chi connectivity index (χ3n) is 5.94. The minimum atomic E-state index is -0.524. The highest BCUT2D eigenvalue weighted by atomic mass is 16.6. The highest BCUT2D eigenvalue weighted by Crippen LogP contribution is 2.34. The fourth-order valence-corrected chi connectivity index (χ4v) is 4.18. The number of esters is 2. The Morgan fingerprint density at radius 2 is 1.72 bits per heavy atom. The maximum atomic E-state index is 12.3. The first kappa shape index (κ1) is 23.2. The van der Waals surface area contributed by atoms with Crippen LogP contribution in [0.25, 0.3) is 0 Å². The molecule has 4 heteroatoms. The summed E-state index contributed by atoms with van der Waals surface area (Å²) in [5.41, 5.74) is 1.07. The molecule has 0 saturated heterocycles. The van der Waals surface area contributed by atoms with Gasteiger partial charge in [-0.05, 0) is 63.1 Å². The molecule has 1 aliphatic rings. The third kappa shape index (κ3) is 6.73. The summed E-state index contributed by atoms with van der Waals surface area (Å²) in [7, 11) is 0. The summed E-state index contributed by atoms with van der Waals surface area (Å²) in [6.45, 7) is 9.91. The zero-order chi connectivity index (χ0) is 21.4. The lowest BCUT2D eigenvalue weighted by molar-refractivity contribution is -0.166. The van der Waals surface area contributed by atoms with Crippen LogP contribution in [-0.2, 0) is 14.3 Å². The van der Waals surface area contributed by atoms with E-state index < -0.39 is 17.5 Å². The number of benzene rings is 1. The van der Waals surface area contributed by atoms with Crippen LogP contribution in [0.15, 0.2) is 36.4 Å². The van der Waals surface area contributed by atoms with Gasteiger partial charge in [0, 0.05) is 5.92 Å². The number of ether oxygens (including phenoxy) is 2. The van der Waals surface area contributed by atoms with Gasteiger partial charge >= 0.3 is 11.9 Å². The first-order valence-corrected chi connectivity index (χ1v) is 10.9. The monoisotopic (exact) mass is 400 g/mol. The number of allylic oxidation sites excluding steroid dienone is 2. The number of hydrogen-bond acceptors (Lipinski definition) is 4. The molecule has 29 heavy (non-hydrogen) atoms. The number of carbonyl (C=O) groups excluding carboxylic acids is 2. The molecule has 1 unspecified atom stereocenters. The van der Waals surface area contributed by atoms with Gasteiger partial charge in [0.1, 0.15) is 5.60 Å². The summed E-state index contributed by atoms with van der Waals surface area (Å²) in [6.07, 6.45) is 10.00. The summed E-state index contributed by atoms with van der Waals surface area (Å²) in [4.78, 5) is 24.5. The van der Waals surface area contributed by atoms with Crippen LogP contribution in [0.4, 0.5) is 0 Å². The molecule has 0 amide bonds. The average Bonchev–Trinajstić information content (AvgIpc) is 2.70. The topological polar surface area (TPSA) is 52.6 Å². The molecule has 1 fully saturated rings. The minimum Gasteiger partial charge on any atom is -0.457 e. The van der Waals surface area contributed by atoms with Crippen LogP contribution in [0.1, 0.15) is 88.6 Å². The van der Waals surface area contributed by atoms with Crippen molar-refractivity contribution in [3.05, 3.63) is 47.5 Å². The Balaban J connectivity index is 1.89. The van der Waals surface area contributed by atoms with Gasteiger partial charge in [-0.1, -0.05) is 57.4 Å². The standard InChI is InChI=1S/C25H36O4/c1-6-10-22(18(2)3)19-13-15-20(16-14-19)24(27)28-17-23(26)29-25(4,5)21-11-8-7-9-12-21/h6,10,13-16,18,21-22H,7-9,11-12,17H2,1-5H3/b10-6-. The zero-order valence-electron chi connectivity index (χ0n) is 18.6. The lowest BCUT2D eigenvalue weighted by Gasteiger charge is -2.36. The van der Waals surface area contributed by atoms with E-state index in [-0.39, 0.29) is 6.61 Å². The van der Waals surface area contributed by atoms with Gasteiger partial charge in [-0.3, -0.25) is 0 Å². The second kappa shape index (κ2) is 10.6. The van der Waals surface area contributed by atoms with E-state index in [1.807, 2.05) is 39.0 Å². The van der Waals surface area contributed by atoms with Crippen molar-refractivity contribution in [3.63, 3.8) is 0 Å². The van der Waals surface area contributed by atoms with E-state index in [1.54, 1.807) is 12.1 Å². The molecule has 0 radical (unpaired) electrons. The first-order chi connectivity index (χ1) is 13.7. The Hall–Kier alpha value is -2.10. The largest absolute Gasteiger partial charge is 0.457 e. The van der Waals surface area contributed by atoms with Crippen molar-refractivity contribution < 1.29 is 19.1 Å². The second-order valence-corrected chi connectivity index (χ2v) is 8.91. The number of hydrogen-bond donors (Lipinski definition) is 0. The van der Waals surface area contributed by atoms with Crippen molar-refractivity contribution in [3.8, 4) is 0 Å². The smallest absolute Gasteiger partial charge is 0.344 e. The Morgan fingerprint density at radius 1 is 1.10 bits per heavy atom. The van der Waals surface area contributed by atoms with Crippen LogP contribution >= 0.6 is 0 Å². The molecule has 0 bridgehead atoms. The van der Waals surface area contributed by atoms with Gasteiger partial charge in [-0.2, -0.15) is 0 Å². The fraction of sp³-hybridized carbons (Fsp3) is 0.600. The normalized spacial score (nSPS) is 16.8. The lowest BCUT2D eigenvalue weighted by atomic mass is 9.79. The minimum absolute atomic E-state index is 0.307. The first-order valence-electron chi connectivity index (χ1n) is 10.9. The molecule has 0 aliphatic heterocycles. The van der Waals surface area contributed by atoms with E-state index in [0.29, 0.717) is 23.3 Å². The molecule has 0 aromatic heterocycles. The summed E-state index contributed by atoms with van der Waals surface area (Å²) < 4.78 is 10.8. The van der Waals surface area contributed by atoms with Crippen molar-refractivity contribution in [2.75, 3.05) is 6.61 Å². The Kier molecular flexibility index (Phi) is 8.48. The number of carbonyl (C=O) groups is 2. The van der Waals surface area contributed by atoms with Crippen molar-refractivity contribution in [1.82, 2.24) is 0 Å². The molecule has 1 aromatic rings. The third-order valence-corrected chi connectivity index (χ3v) is 5.94. The van der Waals surface area contributed by atoms with Gasteiger partial charge in [0.25, 0.3) is 0 Å². The van der Waals surface area contributed by atoms with Gasteiger partial charge in [-0.25, -0.2) is 9.59 Å². The van der Waals surface area contributed by atoms with Gasteiger partial charge in [0.05, 0.1) is 5.56 Å². The van der Waals surface area contributed by atoms with Gasteiger partial charge in [0.2, 0.25) is 0 Å². The predicted octanol–water partition coefficient (Wildman–Crippen LogP) is 6.06. The Morgan fingerprint density at radius 3 is 2.28 bits per heavy atom. The molecular formula is C25H36O4. The maximum Gasteiger partial charge on any atom is 0.344 e. The maximum absolute atomic E-state index is 12.3. The highest BCUT2D eigenvalue weighted by molar-refractivity contribution is 5.90. The summed E-state index contributed by atoms with van der Waals surface area (Å²) in [5.74, 6) is 0.150. The van der Waals surface area contributed by atoms with E-state index >= 15 is 0 Å². The van der Waals surface area contributed by atoms with Crippen LogP contribution in [-0.4, -0.2) is 24.1 Å². The van der Waals surface area contributed by atoms with Crippen molar-refractivity contribution >= 4 is 11.9 Å². The van der Waals surface area contributed by atoms with E-state index in [2.05, 4.69) is 19.9 Å². The quantitative estimate of drug-likeness (QED) is 0.393. The van der Waals surface area contributed by atoms with Crippen molar-refractivity contribution in [2.24, 2.45) is 11.8 Å². The second-order valence-electron chi connectivity index (χ2n) is 8.91. The van der Waals surface area contributed by atoms with Crippen LogP contribution in [0.5, 0.6) is 0 Å². The van der Waals surface area contributed by atoms with E-state index in [0.717, 1.165) is 18.4 Å². The molecule has 0 N–H and O–H groups in total. The Labute approximate surface area is 175 Å². The Bertz CT molecular complexity index is 694. The average molecular weight is 401 g/mol. The molecule has 1 aliphatic carbocycles. The van der Waals surface area contributed by atoms with Crippen molar-refractivity contribution in [2.45, 2.75) is 78.2 Å². The van der Waals surface area contributed by atoms with Crippen LogP contribution in [0.2, 0.25) is 0 Å². The van der Waals surface area contributed by atoms with E-state index in [9.17, 15) is 9.59 Å². The van der Waals surface area contributed by atoms with E-state index in [4.69, 9.17) is 9.47 Å². The number of rotatable bonds is 8. The zero-order valence-corrected chi connectivity index (χ0v) is 18.6. The molecule has 160 valence electrons. The highest BCUT2D eigenvalue weighted by Gasteiger charge is 2.34.